The summed E-state index contributed by atoms with van der Waals surface area (Å²) in [4.78, 5) is 25.3. The Labute approximate surface area is 139 Å². The first kappa shape index (κ1) is 16.0. The standard InChI is InChI=1S/C17H20N4O3/c1-11-7-13(16(22)23)10-21(9-11)17(24)19-14-4-2-3-12(8-14)15-5-6-18-20-15/h2-6,8,11,13H,7,9-10H2,1H3,(H,18,20)(H,19,24)(H,22,23). The number of aromatic amines is 1. The van der Waals surface area contributed by atoms with Gasteiger partial charge in [-0.1, -0.05) is 19.1 Å². The van der Waals surface area contributed by atoms with Gasteiger partial charge in [0.15, 0.2) is 0 Å². The number of aliphatic carboxylic acids is 1. The minimum Gasteiger partial charge on any atom is -0.481 e. The number of benzene rings is 1. The van der Waals surface area contributed by atoms with Crippen LogP contribution >= 0.6 is 0 Å². The maximum Gasteiger partial charge on any atom is 0.321 e. The van der Waals surface area contributed by atoms with Gasteiger partial charge in [0.05, 0.1) is 11.6 Å². The molecule has 0 saturated carbocycles. The highest BCUT2D eigenvalue weighted by molar-refractivity contribution is 5.90. The molecule has 1 saturated heterocycles. The Morgan fingerprint density at radius 2 is 2.17 bits per heavy atom. The number of aromatic nitrogens is 2. The number of nitrogens with zero attached hydrogens (tertiary/aromatic N) is 2. The molecule has 1 aromatic carbocycles. The Morgan fingerprint density at radius 1 is 1.33 bits per heavy atom. The van der Waals surface area contributed by atoms with Crippen molar-refractivity contribution < 1.29 is 14.7 Å². The molecule has 1 aliphatic rings. The first-order chi connectivity index (χ1) is 11.5. The summed E-state index contributed by atoms with van der Waals surface area (Å²) in [5.41, 5.74) is 2.45. The van der Waals surface area contributed by atoms with Crippen LogP contribution in [0.1, 0.15) is 13.3 Å². The number of likely N-dealkylation sites (tertiary alicyclic amines) is 1. The molecular formula is C17H20N4O3. The van der Waals surface area contributed by atoms with E-state index >= 15 is 0 Å². The van der Waals surface area contributed by atoms with Crippen LogP contribution < -0.4 is 5.32 Å². The Bertz CT molecular complexity index is 729. The lowest BCUT2D eigenvalue weighted by atomic mass is 9.91. The molecule has 7 nitrogen and oxygen atoms in total. The fraction of sp³-hybridized carbons (Fsp3) is 0.353. The summed E-state index contributed by atoms with van der Waals surface area (Å²) in [5, 5.41) is 18.9. The van der Waals surface area contributed by atoms with Gasteiger partial charge < -0.3 is 15.3 Å². The minimum atomic E-state index is -0.847. The van der Waals surface area contributed by atoms with Crippen LogP contribution in [0.3, 0.4) is 0 Å². The summed E-state index contributed by atoms with van der Waals surface area (Å²) in [5.74, 6) is -1.18. The number of amides is 2. The highest BCUT2D eigenvalue weighted by Crippen LogP contribution is 2.24. The average molecular weight is 328 g/mol. The summed E-state index contributed by atoms with van der Waals surface area (Å²) in [6, 6.07) is 9.02. The molecule has 2 aromatic rings. The van der Waals surface area contributed by atoms with E-state index in [0.717, 1.165) is 11.3 Å². The number of hydrogen-bond acceptors (Lipinski definition) is 3. The van der Waals surface area contributed by atoms with Crippen LogP contribution in [0.25, 0.3) is 11.3 Å². The van der Waals surface area contributed by atoms with Crippen molar-refractivity contribution in [3.05, 3.63) is 36.5 Å². The lowest BCUT2D eigenvalue weighted by Crippen LogP contribution is -2.47. The van der Waals surface area contributed by atoms with Crippen LogP contribution in [0.2, 0.25) is 0 Å². The number of carbonyl (C=O) groups excluding carboxylic acids is 1. The van der Waals surface area contributed by atoms with Crippen molar-refractivity contribution in [2.24, 2.45) is 11.8 Å². The van der Waals surface area contributed by atoms with Crippen molar-refractivity contribution in [2.45, 2.75) is 13.3 Å². The Hall–Kier alpha value is -2.83. The average Bonchev–Trinajstić information content (AvgIpc) is 3.09. The lowest BCUT2D eigenvalue weighted by molar-refractivity contribution is -0.143. The molecular weight excluding hydrogens is 308 g/mol. The first-order valence-electron chi connectivity index (χ1n) is 7.91. The maximum atomic E-state index is 12.5. The molecule has 2 amide bonds. The number of nitrogens with one attached hydrogen (secondary N) is 2. The van der Waals surface area contributed by atoms with Gasteiger partial charge in [-0.15, -0.1) is 0 Å². The number of piperidine rings is 1. The van der Waals surface area contributed by atoms with E-state index in [1.54, 1.807) is 17.2 Å². The number of carbonyl (C=O) groups is 2. The molecule has 126 valence electrons. The third-order valence-corrected chi connectivity index (χ3v) is 4.22. The highest BCUT2D eigenvalue weighted by atomic mass is 16.4. The molecule has 0 radical (unpaired) electrons. The summed E-state index contributed by atoms with van der Waals surface area (Å²) in [7, 11) is 0. The van der Waals surface area contributed by atoms with E-state index < -0.39 is 11.9 Å². The third-order valence-electron chi connectivity index (χ3n) is 4.22. The monoisotopic (exact) mass is 328 g/mol. The van der Waals surface area contributed by atoms with Crippen molar-refractivity contribution >= 4 is 17.7 Å². The quantitative estimate of drug-likeness (QED) is 0.806. The van der Waals surface area contributed by atoms with Gasteiger partial charge in [-0.2, -0.15) is 5.10 Å². The predicted molar refractivity (Wildman–Crippen MR) is 89.5 cm³/mol. The van der Waals surface area contributed by atoms with Crippen LogP contribution in [-0.4, -0.2) is 45.3 Å². The van der Waals surface area contributed by atoms with E-state index in [1.807, 2.05) is 31.2 Å². The molecule has 1 aromatic heterocycles. The van der Waals surface area contributed by atoms with Gasteiger partial charge in [-0.05, 0) is 30.5 Å². The number of hydrogen-bond donors (Lipinski definition) is 3. The van der Waals surface area contributed by atoms with Crippen molar-refractivity contribution in [1.82, 2.24) is 15.1 Å². The molecule has 1 fully saturated rings. The molecule has 2 unspecified atom stereocenters. The second-order valence-corrected chi connectivity index (χ2v) is 6.26. The molecule has 2 heterocycles. The second-order valence-electron chi connectivity index (χ2n) is 6.26. The van der Waals surface area contributed by atoms with E-state index in [-0.39, 0.29) is 18.5 Å². The number of rotatable bonds is 3. The number of carboxylic acid groups (broad SMARTS) is 1. The first-order valence-corrected chi connectivity index (χ1v) is 7.91. The normalized spacial score (nSPS) is 20.6. The van der Waals surface area contributed by atoms with Crippen molar-refractivity contribution in [3.63, 3.8) is 0 Å². The minimum absolute atomic E-state index is 0.168. The van der Waals surface area contributed by atoms with Gasteiger partial charge in [-0.25, -0.2) is 4.79 Å². The Balaban J connectivity index is 1.70. The van der Waals surface area contributed by atoms with Gasteiger partial charge in [0.1, 0.15) is 0 Å². The third kappa shape index (κ3) is 3.56. The largest absolute Gasteiger partial charge is 0.481 e. The SMILES string of the molecule is CC1CC(C(=O)O)CN(C(=O)Nc2cccc(-c3ccn[nH]3)c2)C1. The molecule has 1 aliphatic heterocycles. The number of urea groups is 1. The summed E-state index contributed by atoms with van der Waals surface area (Å²) < 4.78 is 0. The molecule has 0 aliphatic carbocycles. The summed E-state index contributed by atoms with van der Waals surface area (Å²) >= 11 is 0. The van der Waals surface area contributed by atoms with E-state index in [9.17, 15) is 14.7 Å². The smallest absolute Gasteiger partial charge is 0.321 e. The van der Waals surface area contributed by atoms with Crippen molar-refractivity contribution in [3.8, 4) is 11.3 Å². The Kier molecular flexibility index (Phi) is 4.50. The van der Waals surface area contributed by atoms with Gasteiger partial charge >= 0.3 is 12.0 Å². The predicted octanol–water partition coefficient (Wildman–Crippen LogP) is 2.65. The van der Waals surface area contributed by atoms with Crippen molar-refractivity contribution in [1.29, 1.82) is 0 Å². The van der Waals surface area contributed by atoms with Gasteiger partial charge in [0, 0.05) is 30.5 Å². The maximum absolute atomic E-state index is 12.5. The molecule has 2 atom stereocenters. The fourth-order valence-electron chi connectivity index (χ4n) is 3.08. The number of carboxylic acids is 1. The molecule has 7 heteroatoms. The van der Waals surface area contributed by atoms with Gasteiger partial charge in [0.25, 0.3) is 0 Å². The molecule has 3 rings (SSSR count). The molecule has 3 N–H and O–H groups in total. The topological polar surface area (TPSA) is 98.3 Å². The van der Waals surface area contributed by atoms with Crippen LogP contribution in [0.5, 0.6) is 0 Å². The van der Waals surface area contributed by atoms with Crippen LogP contribution in [0.15, 0.2) is 36.5 Å². The summed E-state index contributed by atoms with van der Waals surface area (Å²) in [6.45, 7) is 2.77. The van der Waals surface area contributed by atoms with Gasteiger partial charge in [-0.3, -0.25) is 9.89 Å². The Morgan fingerprint density at radius 3 is 2.88 bits per heavy atom. The zero-order valence-electron chi connectivity index (χ0n) is 13.4. The lowest BCUT2D eigenvalue weighted by Gasteiger charge is -2.34. The van der Waals surface area contributed by atoms with Gasteiger partial charge in [0.2, 0.25) is 0 Å². The van der Waals surface area contributed by atoms with Crippen molar-refractivity contribution in [2.75, 3.05) is 18.4 Å². The zero-order valence-corrected chi connectivity index (χ0v) is 13.4. The van der Waals surface area contributed by atoms with E-state index in [4.69, 9.17) is 0 Å². The molecule has 0 spiro atoms. The summed E-state index contributed by atoms with van der Waals surface area (Å²) in [6.07, 6.45) is 2.27. The molecule has 24 heavy (non-hydrogen) atoms. The van der Waals surface area contributed by atoms with Crippen LogP contribution in [0.4, 0.5) is 10.5 Å². The second kappa shape index (κ2) is 6.74. The zero-order chi connectivity index (χ0) is 17.1. The van der Waals surface area contributed by atoms with E-state index in [1.165, 1.54) is 0 Å². The van der Waals surface area contributed by atoms with E-state index in [0.29, 0.717) is 18.7 Å². The fourth-order valence-corrected chi connectivity index (χ4v) is 3.08. The van der Waals surface area contributed by atoms with Crippen LogP contribution in [0, 0.1) is 11.8 Å². The number of anilines is 1. The number of H-pyrrole nitrogens is 1. The van der Waals surface area contributed by atoms with Crippen LogP contribution in [-0.2, 0) is 4.79 Å². The molecule has 0 bridgehead atoms. The van der Waals surface area contributed by atoms with E-state index in [2.05, 4.69) is 15.5 Å². The highest BCUT2D eigenvalue weighted by Gasteiger charge is 2.31.